The van der Waals surface area contributed by atoms with Gasteiger partial charge in [-0.15, -0.1) is 0 Å². The molecule has 0 spiro atoms. The van der Waals surface area contributed by atoms with Crippen molar-refractivity contribution in [3.8, 4) is 11.1 Å². The fraction of sp³-hybridized carbons (Fsp3) is 0.200. The zero-order valence-electron chi connectivity index (χ0n) is 12.9. The minimum Gasteiger partial charge on any atom is -0.383 e. The predicted molar refractivity (Wildman–Crippen MR) is 83.6 cm³/mol. The molecule has 25 heavy (non-hydrogen) atoms. The number of nitrogens with zero attached hydrogens (tertiary/aromatic N) is 4. The number of ketones is 1. The molecule has 7 nitrogen and oxygen atoms in total. The first-order valence-corrected chi connectivity index (χ1v) is 7.12. The van der Waals surface area contributed by atoms with Gasteiger partial charge in [-0.05, 0) is 13.0 Å². The van der Waals surface area contributed by atoms with E-state index in [1.54, 1.807) is 0 Å². The number of aromatic nitrogens is 4. The van der Waals surface area contributed by atoms with Gasteiger partial charge < -0.3 is 11.5 Å². The van der Waals surface area contributed by atoms with Gasteiger partial charge in [0.2, 0.25) is 0 Å². The summed E-state index contributed by atoms with van der Waals surface area (Å²) < 4.78 is 39.2. The van der Waals surface area contributed by atoms with Crippen molar-refractivity contribution in [2.45, 2.75) is 19.1 Å². The molecular weight excluding hydrogens is 337 g/mol. The Labute approximate surface area is 139 Å². The van der Waals surface area contributed by atoms with Gasteiger partial charge in [-0.2, -0.15) is 22.8 Å². The topological polar surface area (TPSA) is 112 Å². The molecule has 0 aliphatic rings. The molecule has 0 fully saturated rings. The Kier molecular flexibility index (Phi) is 3.91. The van der Waals surface area contributed by atoms with Crippen LogP contribution in [0.1, 0.15) is 29.0 Å². The van der Waals surface area contributed by atoms with Crippen molar-refractivity contribution < 1.29 is 18.0 Å². The smallest absolute Gasteiger partial charge is 0.383 e. The van der Waals surface area contributed by atoms with Crippen LogP contribution in [-0.4, -0.2) is 31.5 Å². The molecule has 0 saturated heterocycles. The number of halogens is 3. The minimum absolute atomic E-state index is 0.132. The van der Waals surface area contributed by atoms with E-state index in [0.29, 0.717) is 16.8 Å². The zero-order valence-corrected chi connectivity index (χ0v) is 12.9. The Morgan fingerprint density at radius 3 is 2.48 bits per heavy atom. The average molecular weight is 350 g/mol. The number of carbonyl (C=O) groups is 1. The van der Waals surface area contributed by atoms with Gasteiger partial charge in [0, 0.05) is 23.5 Å². The number of nitrogens with two attached hydrogens (primary N) is 2. The number of pyridine rings is 1. The van der Waals surface area contributed by atoms with Gasteiger partial charge in [0.25, 0.3) is 0 Å². The third kappa shape index (κ3) is 2.91. The predicted octanol–water partition coefficient (Wildman–Crippen LogP) is 2.14. The number of rotatable bonds is 3. The van der Waals surface area contributed by atoms with Crippen LogP contribution in [0.2, 0.25) is 0 Å². The SMILES string of the molecule is CC(=O)c1cnc2c(-c3ccc(C(N)C(F)(F)F)nc3)cnn2c1N. The lowest BCUT2D eigenvalue weighted by Gasteiger charge is -2.14. The Balaban J connectivity index is 2.03. The zero-order chi connectivity index (χ0) is 18.4. The molecule has 0 aromatic carbocycles. The van der Waals surface area contributed by atoms with E-state index in [0.717, 1.165) is 0 Å². The Morgan fingerprint density at radius 2 is 1.92 bits per heavy atom. The molecule has 0 aliphatic carbocycles. The summed E-state index contributed by atoms with van der Waals surface area (Å²) in [4.78, 5) is 19.4. The van der Waals surface area contributed by atoms with E-state index in [9.17, 15) is 18.0 Å². The van der Waals surface area contributed by atoms with E-state index in [-0.39, 0.29) is 22.9 Å². The summed E-state index contributed by atoms with van der Waals surface area (Å²) in [5.41, 5.74) is 12.3. The Morgan fingerprint density at radius 1 is 1.20 bits per heavy atom. The molecule has 4 N–H and O–H groups in total. The van der Waals surface area contributed by atoms with Gasteiger partial charge in [0.1, 0.15) is 11.9 Å². The summed E-state index contributed by atoms with van der Waals surface area (Å²) in [7, 11) is 0. The molecule has 3 aromatic rings. The van der Waals surface area contributed by atoms with Gasteiger partial charge in [-0.25, -0.2) is 4.98 Å². The van der Waals surface area contributed by atoms with E-state index in [4.69, 9.17) is 11.5 Å². The molecule has 1 atom stereocenters. The van der Waals surface area contributed by atoms with Crippen LogP contribution in [0.4, 0.5) is 19.0 Å². The molecule has 10 heteroatoms. The quantitative estimate of drug-likeness (QED) is 0.700. The summed E-state index contributed by atoms with van der Waals surface area (Å²) in [5.74, 6) is -0.122. The number of hydrogen-bond acceptors (Lipinski definition) is 6. The summed E-state index contributed by atoms with van der Waals surface area (Å²) >= 11 is 0. The Bertz CT molecular complexity index is 948. The van der Waals surface area contributed by atoms with E-state index in [2.05, 4.69) is 15.1 Å². The first-order chi connectivity index (χ1) is 11.7. The standard InChI is InChI=1S/C15H13F3N6O/c1-7(25)9-5-22-14-10(6-23-24(14)13(9)20)8-2-3-11(21-4-8)12(19)15(16,17)18/h2-6,12H,19-20H2,1H3. The maximum atomic E-state index is 12.6. The summed E-state index contributed by atoms with van der Waals surface area (Å²) in [6.45, 7) is 1.36. The first-order valence-electron chi connectivity index (χ1n) is 7.12. The molecule has 0 saturated carbocycles. The van der Waals surface area contributed by atoms with Gasteiger partial charge in [0.15, 0.2) is 11.4 Å². The van der Waals surface area contributed by atoms with E-state index in [1.807, 2.05) is 0 Å². The van der Waals surface area contributed by atoms with Crippen molar-refractivity contribution in [1.29, 1.82) is 0 Å². The van der Waals surface area contributed by atoms with E-state index in [1.165, 1.54) is 42.2 Å². The maximum absolute atomic E-state index is 12.6. The van der Waals surface area contributed by atoms with Crippen molar-refractivity contribution in [3.05, 3.63) is 42.0 Å². The van der Waals surface area contributed by atoms with Crippen molar-refractivity contribution in [2.75, 3.05) is 5.73 Å². The number of carbonyl (C=O) groups excluding carboxylic acids is 1. The number of nitrogen functional groups attached to an aromatic ring is 1. The molecule has 1 unspecified atom stereocenters. The van der Waals surface area contributed by atoms with Crippen molar-refractivity contribution in [1.82, 2.24) is 19.6 Å². The first kappa shape index (κ1) is 16.8. The van der Waals surface area contributed by atoms with E-state index < -0.39 is 12.2 Å². The highest BCUT2D eigenvalue weighted by Crippen LogP contribution is 2.31. The maximum Gasteiger partial charge on any atom is 0.409 e. The van der Waals surface area contributed by atoms with E-state index >= 15 is 0 Å². The van der Waals surface area contributed by atoms with Crippen molar-refractivity contribution in [2.24, 2.45) is 5.73 Å². The summed E-state index contributed by atoms with van der Waals surface area (Å²) in [5, 5.41) is 4.08. The lowest BCUT2D eigenvalue weighted by molar-refractivity contribution is -0.150. The second-order valence-corrected chi connectivity index (χ2v) is 5.40. The lowest BCUT2D eigenvalue weighted by atomic mass is 10.1. The van der Waals surface area contributed by atoms with Crippen molar-refractivity contribution in [3.63, 3.8) is 0 Å². The fourth-order valence-corrected chi connectivity index (χ4v) is 2.34. The highest BCUT2D eigenvalue weighted by molar-refractivity contribution is 5.98. The lowest BCUT2D eigenvalue weighted by Crippen LogP contribution is -2.29. The van der Waals surface area contributed by atoms with Gasteiger partial charge in [-0.3, -0.25) is 9.78 Å². The molecule has 3 rings (SSSR count). The van der Waals surface area contributed by atoms with Crippen LogP contribution in [0.3, 0.4) is 0 Å². The summed E-state index contributed by atoms with van der Waals surface area (Å²) in [6, 6.07) is 0.490. The van der Waals surface area contributed by atoms with Gasteiger partial charge in [-0.1, -0.05) is 6.07 Å². The second kappa shape index (κ2) is 5.81. The highest BCUT2D eigenvalue weighted by atomic mass is 19.4. The van der Waals surface area contributed by atoms with Crippen molar-refractivity contribution >= 4 is 17.2 Å². The minimum atomic E-state index is -4.57. The number of anilines is 1. The van der Waals surface area contributed by atoms with Crippen LogP contribution in [0.15, 0.2) is 30.7 Å². The van der Waals surface area contributed by atoms with Gasteiger partial charge >= 0.3 is 6.18 Å². The molecule has 3 aromatic heterocycles. The normalized spacial score (nSPS) is 13.2. The largest absolute Gasteiger partial charge is 0.409 e. The van der Waals surface area contributed by atoms with Crippen LogP contribution in [-0.2, 0) is 0 Å². The molecule has 3 heterocycles. The third-order valence-corrected chi connectivity index (χ3v) is 3.71. The Hall–Kier alpha value is -3.01. The molecule has 0 radical (unpaired) electrons. The third-order valence-electron chi connectivity index (χ3n) is 3.71. The summed E-state index contributed by atoms with van der Waals surface area (Å²) in [6.07, 6.45) is -0.532. The van der Waals surface area contributed by atoms with Crippen LogP contribution in [0.25, 0.3) is 16.8 Å². The number of alkyl halides is 3. The fourth-order valence-electron chi connectivity index (χ4n) is 2.34. The molecule has 130 valence electrons. The van der Waals surface area contributed by atoms with Crippen LogP contribution in [0.5, 0.6) is 0 Å². The monoisotopic (exact) mass is 350 g/mol. The van der Waals surface area contributed by atoms with Gasteiger partial charge in [0.05, 0.1) is 17.5 Å². The number of hydrogen-bond donors (Lipinski definition) is 2. The number of Topliss-reactive ketones (excluding diaryl/α,β-unsaturated/α-hetero) is 1. The second-order valence-electron chi connectivity index (χ2n) is 5.40. The van der Waals surface area contributed by atoms with Crippen LogP contribution in [0, 0.1) is 0 Å². The molecule has 0 bridgehead atoms. The molecule has 0 aliphatic heterocycles. The molecular formula is C15H13F3N6O. The average Bonchev–Trinajstić information content (AvgIpc) is 2.98. The highest BCUT2D eigenvalue weighted by Gasteiger charge is 2.38. The van der Waals surface area contributed by atoms with Crippen LogP contribution >= 0.6 is 0 Å². The molecule has 0 amide bonds. The van der Waals surface area contributed by atoms with Crippen LogP contribution < -0.4 is 11.5 Å². The number of fused-ring (bicyclic) bond motifs is 1.